The van der Waals surface area contributed by atoms with Crippen molar-refractivity contribution in [3.63, 3.8) is 0 Å². The molecule has 0 unspecified atom stereocenters. The predicted molar refractivity (Wildman–Crippen MR) is 447 cm³/mol. The Morgan fingerprint density at radius 1 is 0.487 bits per heavy atom. The maximum Gasteiger partial charge on any atom is 0.246 e. The Labute approximate surface area is 691 Å². The summed E-state index contributed by atoms with van der Waals surface area (Å²) in [6, 6.07) is 29.3. The van der Waals surface area contributed by atoms with Crippen LogP contribution in [0.3, 0.4) is 0 Å². The van der Waals surface area contributed by atoms with E-state index in [1.54, 1.807) is 97.1 Å². The lowest BCUT2D eigenvalue weighted by atomic mass is 9.99. The minimum atomic E-state index is -1.86. The van der Waals surface area contributed by atoms with Gasteiger partial charge in [0.25, 0.3) is 0 Å². The van der Waals surface area contributed by atoms with E-state index < -0.39 is 132 Å². The minimum Gasteiger partial charge on any atom is -0.394 e. The molecule has 35 nitrogen and oxygen atoms in total. The molecular formula is C83H100ClN23O12. The fourth-order valence-electron chi connectivity index (χ4n) is 13.6. The lowest BCUT2D eigenvalue weighted by Gasteiger charge is -2.31. The molecule has 0 radical (unpaired) electrons. The average molecular weight is 1650 g/mol. The Morgan fingerprint density at radius 2 is 0.908 bits per heavy atom. The van der Waals surface area contributed by atoms with Crippen molar-refractivity contribution in [3.8, 4) is 0 Å². The van der Waals surface area contributed by atoms with Gasteiger partial charge in [-0.25, -0.2) is 10.2 Å². The quantitative estimate of drug-likeness (QED) is 0.0262. The molecule has 6 aromatic carbocycles. The number of carbonyl (C=O) groups is 11. The van der Waals surface area contributed by atoms with Gasteiger partial charge in [0.1, 0.15) is 60.4 Å². The van der Waals surface area contributed by atoms with Crippen LogP contribution in [0.4, 0.5) is 40.9 Å². The Balaban J connectivity index is 0.941. The number of fused-ring (bicyclic) bond motifs is 1. The fourth-order valence-corrected chi connectivity index (χ4v) is 13.7. The van der Waals surface area contributed by atoms with Crippen LogP contribution in [0.5, 0.6) is 0 Å². The topological polar surface area (TPSA) is 530 Å². The second-order valence-corrected chi connectivity index (χ2v) is 30.4. The summed E-state index contributed by atoms with van der Waals surface area (Å²) < 4.78 is 0. The summed E-state index contributed by atoms with van der Waals surface area (Å²) in [5.74, 6) is -8.85. The first-order valence-electron chi connectivity index (χ1n) is 38.9. The number of pyridine rings is 1. The summed E-state index contributed by atoms with van der Waals surface area (Å²) in [4.78, 5) is 173. The highest BCUT2D eigenvalue weighted by atomic mass is 35.5. The molecule has 0 saturated carbocycles. The van der Waals surface area contributed by atoms with Crippen LogP contribution in [0, 0.1) is 5.92 Å². The van der Waals surface area contributed by atoms with Gasteiger partial charge in [0, 0.05) is 92.5 Å². The molecular weight excluding hydrogens is 1550 g/mol. The van der Waals surface area contributed by atoms with E-state index >= 15 is 33.6 Å². The summed E-state index contributed by atoms with van der Waals surface area (Å²) in [6.07, 6.45) is 2.56. The lowest BCUT2D eigenvalue weighted by Crippen LogP contribution is -2.62. The van der Waals surface area contributed by atoms with Crippen LogP contribution in [-0.4, -0.2) is 190 Å². The molecule has 626 valence electrons. The molecule has 0 spiro atoms. The first-order chi connectivity index (χ1) is 57.0. The van der Waals surface area contributed by atoms with Crippen molar-refractivity contribution in [2.24, 2.45) is 11.7 Å². The van der Waals surface area contributed by atoms with E-state index in [0.717, 1.165) is 16.5 Å². The molecule has 10 atom stereocenters. The third kappa shape index (κ3) is 26.2. The van der Waals surface area contributed by atoms with Crippen molar-refractivity contribution < 1.29 is 57.8 Å². The monoisotopic (exact) mass is 1650 g/mol. The molecule has 0 bridgehead atoms. The average Bonchev–Trinajstić information content (AvgIpc) is 1.81. The van der Waals surface area contributed by atoms with Crippen molar-refractivity contribution >= 4 is 128 Å². The summed E-state index contributed by atoms with van der Waals surface area (Å²) in [5.41, 5.74) is 22.0. The molecule has 21 N–H and O–H groups in total. The van der Waals surface area contributed by atoms with E-state index in [1.807, 2.05) is 82.3 Å². The molecule has 10 rings (SSSR count). The van der Waals surface area contributed by atoms with Gasteiger partial charge in [-0.2, -0.15) is 9.97 Å². The number of anilines is 7. The van der Waals surface area contributed by atoms with Crippen LogP contribution in [0.1, 0.15) is 94.2 Å². The van der Waals surface area contributed by atoms with Crippen LogP contribution >= 0.6 is 11.6 Å². The highest BCUT2D eigenvalue weighted by Gasteiger charge is 2.41. The number of H-pyrrole nitrogens is 2. The molecule has 4 heterocycles. The number of hydrogen-bond donors (Lipinski definition) is 18. The van der Waals surface area contributed by atoms with Crippen LogP contribution in [0.2, 0.25) is 5.02 Å². The molecule has 119 heavy (non-hydrogen) atoms. The number of primary amides is 1. The van der Waals surface area contributed by atoms with E-state index in [-0.39, 0.29) is 93.7 Å². The maximum absolute atomic E-state index is 15.6. The molecule has 1 aliphatic heterocycles. The van der Waals surface area contributed by atoms with Gasteiger partial charge in [0.05, 0.1) is 6.61 Å². The largest absolute Gasteiger partial charge is 0.394 e. The van der Waals surface area contributed by atoms with Gasteiger partial charge in [-0.05, 0) is 145 Å². The Hall–Kier alpha value is -13.6. The van der Waals surface area contributed by atoms with E-state index in [0.29, 0.717) is 56.2 Å². The molecule has 0 aliphatic carbocycles. The fraction of sp³-hybridized carbons (Fsp3) is 0.349. The van der Waals surface area contributed by atoms with Crippen molar-refractivity contribution in [1.29, 1.82) is 0 Å². The molecule has 1 aliphatic rings. The number of aromatic amines is 2. The summed E-state index contributed by atoms with van der Waals surface area (Å²) in [5, 5.41) is 60.6. The van der Waals surface area contributed by atoms with Gasteiger partial charge in [0.15, 0.2) is 0 Å². The normalized spacial score (nSPS) is 14.8. The van der Waals surface area contributed by atoms with Crippen molar-refractivity contribution in [1.82, 2.24) is 88.1 Å². The van der Waals surface area contributed by atoms with E-state index in [2.05, 4.69) is 99.1 Å². The lowest BCUT2D eigenvalue weighted by molar-refractivity contribution is -0.142. The number of nitrogens with two attached hydrogens (primary N) is 3. The standard InChI is InChI=1S/C83H100ClN23O12/c1-45(2)35-61(71(111)99-67(40-52-18-27-58(28-19-52)89-46(3)4)79(119)107-34-10-14-69(107)78(118)90-47(5)70(85)110)94-73(113)64(38-50-20-29-59(30-21-50)92-82-101-80(86)103-105-82)96-75(115)65(39-51-22-31-60(32-23-51)93-83-102-81(87)104-106-83)98-77(117)68(44-108)100-76(116)66(42-54-11-9-33-88-43-54)97-74(114)63(37-49-16-25-57(84)26-17-49)95-72(112)62(91-48(6)109)41-53-15-24-55-12-7-8-13-56(55)36-53/h7-9,11-13,15-33,36,43,45-47,61-69,89,108H,10,14,34-35,37-42,44H2,1-6H3,(H2,85,110)(H,90,118)(H,91,109)(H,94,113)(H,95,112)(H,96,115)(H,97,114)(H,98,117)(H,99,111)(H,100,116)(H4,86,92,101,103,105)(H4,87,93,102,104,106)/t47-,61+,62-,63-,64-,65+,66-,67+,68+,69+/m1/s1. The predicted octanol–water partition coefficient (Wildman–Crippen LogP) is 3.27. The van der Waals surface area contributed by atoms with E-state index in [4.69, 9.17) is 28.8 Å². The number of nitrogens with one attached hydrogen (secondary N) is 14. The van der Waals surface area contributed by atoms with Crippen molar-refractivity contribution in [2.75, 3.05) is 40.6 Å². The number of aliphatic hydroxyl groups is 1. The van der Waals surface area contributed by atoms with E-state index in [1.165, 1.54) is 31.1 Å². The Kier molecular flexibility index (Phi) is 30.9. The molecule has 3 aromatic heterocycles. The molecule has 9 aromatic rings. The van der Waals surface area contributed by atoms with E-state index in [9.17, 15) is 24.3 Å². The zero-order chi connectivity index (χ0) is 85.4. The number of aromatic nitrogens is 7. The highest BCUT2D eigenvalue weighted by Crippen LogP contribution is 2.25. The Bertz CT molecular complexity index is 5020. The summed E-state index contributed by atoms with van der Waals surface area (Å²) >= 11 is 6.29. The number of hydrogen-bond acceptors (Lipinski definition) is 22. The zero-order valence-corrected chi connectivity index (χ0v) is 67.3. The second-order valence-electron chi connectivity index (χ2n) is 29.9. The van der Waals surface area contributed by atoms with Gasteiger partial charge >= 0.3 is 0 Å². The van der Waals surface area contributed by atoms with Gasteiger partial charge in [-0.15, -0.1) is 10.2 Å². The first kappa shape index (κ1) is 87.8. The number of halogens is 1. The van der Waals surface area contributed by atoms with Crippen molar-refractivity contribution in [3.05, 3.63) is 202 Å². The van der Waals surface area contributed by atoms with Crippen molar-refractivity contribution in [2.45, 2.75) is 166 Å². The van der Waals surface area contributed by atoms with Gasteiger partial charge in [0.2, 0.25) is 88.8 Å². The van der Waals surface area contributed by atoms with Crippen LogP contribution in [0.25, 0.3) is 10.8 Å². The van der Waals surface area contributed by atoms with Gasteiger partial charge in [-0.3, -0.25) is 57.7 Å². The van der Waals surface area contributed by atoms with Crippen LogP contribution < -0.4 is 81.0 Å². The minimum absolute atomic E-state index is 0.0103. The third-order valence-corrected chi connectivity index (χ3v) is 19.8. The number of aliphatic hydroxyl groups excluding tert-OH is 1. The number of nitrogen functional groups attached to an aromatic ring is 2. The Morgan fingerprint density at radius 3 is 1.36 bits per heavy atom. The molecule has 1 fully saturated rings. The zero-order valence-electron chi connectivity index (χ0n) is 66.5. The summed E-state index contributed by atoms with van der Waals surface area (Å²) in [7, 11) is 0. The number of benzene rings is 6. The SMILES string of the molecule is CC(=O)N[C@H](Cc1ccc2ccccc2c1)C(=O)N[C@H](Cc1ccc(Cl)cc1)C(=O)N[C@H](Cc1cccnc1)C(=O)N[C@@H](CO)C(=O)N[C@@H](Cc1ccc(Nc2nc(N)n[nH]2)cc1)C(=O)N[C@H](Cc1ccc(Nc2nc(N)n[nH]2)cc1)C(=O)N[C@@H](CC(C)C)C(=O)N[C@@H](Cc1ccc(NC(C)C)cc1)C(=O)N1CCC[C@H]1C(=O)N[C@H](C)C(N)=O. The smallest absolute Gasteiger partial charge is 0.246 e. The van der Waals surface area contributed by atoms with Crippen LogP contribution in [-0.2, 0) is 91.3 Å². The second kappa shape index (κ2) is 41.8. The number of rotatable bonds is 40. The molecule has 36 heteroatoms. The molecule has 1 saturated heterocycles. The third-order valence-electron chi connectivity index (χ3n) is 19.6. The number of likely N-dealkylation sites (tertiary alicyclic amines) is 1. The highest BCUT2D eigenvalue weighted by molar-refractivity contribution is 6.30. The number of amides is 11. The van der Waals surface area contributed by atoms with Gasteiger partial charge < -0.3 is 91.0 Å². The summed E-state index contributed by atoms with van der Waals surface area (Å²) in [6.45, 7) is 9.31. The number of carbonyl (C=O) groups excluding carboxylic acids is 11. The molecule has 11 amide bonds. The van der Waals surface area contributed by atoms with Gasteiger partial charge in [-0.1, -0.05) is 123 Å². The van der Waals surface area contributed by atoms with Crippen LogP contribution in [0.15, 0.2) is 164 Å². The number of nitrogens with zero attached hydrogens (tertiary/aromatic N) is 6. The first-order valence-corrected chi connectivity index (χ1v) is 39.3. The maximum atomic E-state index is 15.6.